The molecule has 0 radical (unpaired) electrons. The van der Waals surface area contributed by atoms with E-state index in [0.29, 0.717) is 19.6 Å². The van der Waals surface area contributed by atoms with Gasteiger partial charge in [0.2, 0.25) is 10.0 Å². The van der Waals surface area contributed by atoms with Crippen LogP contribution in [0.1, 0.15) is 31.1 Å². The van der Waals surface area contributed by atoms with Crippen molar-refractivity contribution in [2.75, 3.05) is 13.1 Å². The zero-order chi connectivity index (χ0) is 19.3. The van der Waals surface area contributed by atoms with Crippen molar-refractivity contribution in [2.24, 2.45) is 0 Å². The second-order valence-electron chi connectivity index (χ2n) is 5.86. The van der Waals surface area contributed by atoms with E-state index in [1.165, 1.54) is 10.4 Å². The molecule has 1 aromatic heterocycles. The molecule has 1 atom stereocenters. The highest BCUT2D eigenvalue weighted by molar-refractivity contribution is 7.89. The summed E-state index contributed by atoms with van der Waals surface area (Å²) >= 11 is 0. The van der Waals surface area contributed by atoms with Crippen LogP contribution < -0.4 is 5.32 Å². The van der Waals surface area contributed by atoms with Crippen LogP contribution in [0.3, 0.4) is 0 Å². The van der Waals surface area contributed by atoms with E-state index in [4.69, 9.17) is 0 Å². The molecule has 0 aliphatic carbocycles. The summed E-state index contributed by atoms with van der Waals surface area (Å²) in [4.78, 5) is 16.2. The molecule has 0 unspecified atom stereocenters. The van der Waals surface area contributed by atoms with Crippen molar-refractivity contribution in [1.82, 2.24) is 19.2 Å². The van der Waals surface area contributed by atoms with Crippen molar-refractivity contribution in [3.05, 3.63) is 48.3 Å². The van der Waals surface area contributed by atoms with Crippen LogP contribution in [0.15, 0.2) is 41.8 Å². The number of sulfonamides is 1. The molecule has 0 saturated heterocycles. The van der Waals surface area contributed by atoms with Crippen LogP contribution in [0.5, 0.6) is 0 Å². The third-order valence-corrected chi connectivity index (χ3v) is 5.99. The first-order valence-electron chi connectivity index (χ1n) is 8.35. The summed E-state index contributed by atoms with van der Waals surface area (Å²) in [6.45, 7) is 6.25. The fourth-order valence-electron chi connectivity index (χ4n) is 2.61. The van der Waals surface area contributed by atoms with Gasteiger partial charge in [0, 0.05) is 38.1 Å². The zero-order valence-electron chi connectivity index (χ0n) is 15.0. The van der Waals surface area contributed by atoms with Crippen molar-refractivity contribution >= 4 is 15.9 Å². The van der Waals surface area contributed by atoms with Crippen LogP contribution in [0.2, 0.25) is 0 Å². The highest BCUT2D eigenvalue weighted by Crippen LogP contribution is 2.19. The summed E-state index contributed by atoms with van der Waals surface area (Å²) < 4.78 is 42.3. The van der Waals surface area contributed by atoms with Gasteiger partial charge in [-0.05, 0) is 25.1 Å². The smallest absolute Gasteiger partial charge is 0.254 e. The molecule has 1 heterocycles. The molecule has 2 rings (SSSR count). The van der Waals surface area contributed by atoms with Gasteiger partial charge in [0.1, 0.15) is 5.82 Å². The maximum Gasteiger partial charge on any atom is 0.254 e. The molecule has 1 amide bonds. The molecule has 7 nitrogen and oxygen atoms in total. The Morgan fingerprint density at radius 1 is 1.35 bits per heavy atom. The first-order valence-corrected chi connectivity index (χ1v) is 9.79. The third kappa shape index (κ3) is 4.47. The normalized spacial score (nSPS) is 13.0. The molecule has 0 saturated carbocycles. The summed E-state index contributed by atoms with van der Waals surface area (Å²) in [5.74, 6) is -1.43. The predicted octanol–water partition coefficient (Wildman–Crippen LogP) is 1.87. The van der Waals surface area contributed by atoms with E-state index in [1.54, 1.807) is 44.1 Å². The maximum atomic E-state index is 14.1. The van der Waals surface area contributed by atoms with Crippen molar-refractivity contribution in [1.29, 1.82) is 0 Å². The Morgan fingerprint density at radius 2 is 2.04 bits per heavy atom. The van der Waals surface area contributed by atoms with Gasteiger partial charge >= 0.3 is 0 Å². The molecule has 0 aliphatic heterocycles. The number of imidazole rings is 1. The van der Waals surface area contributed by atoms with E-state index >= 15 is 0 Å². The van der Waals surface area contributed by atoms with Gasteiger partial charge in [-0.15, -0.1) is 0 Å². The number of rotatable bonds is 8. The zero-order valence-corrected chi connectivity index (χ0v) is 15.8. The predicted molar refractivity (Wildman–Crippen MR) is 95.7 cm³/mol. The van der Waals surface area contributed by atoms with Crippen LogP contribution >= 0.6 is 0 Å². The molecule has 0 aliphatic rings. The standard InChI is InChI=1S/C17H23FN4O3S/c1-4-22(5-2)26(24,25)14-6-7-16(18)15(10-14)17(23)20-13(3)11-21-9-8-19-12-21/h6-10,12-13H,4-5,11H2,1-3H3,(H,20,23)/t13-/m0/s1. The lowest BCUT2D eigenvalue weighted by molar-refractivity contribution is 0.0932. The van der Waals surface area contributed by atoms with Gasteiger partial charge in [-0.1, -0.05) is 13.8 Å². The monoisotopic (exact) mass is 382 g/mol. The fourth-order valence-corrected chi connectivity index (χ4v) is 4.09. The number of benzene rings is 1. The van der Waals surface area contributed by atoms with Crippen molar-refractivity contribution in [3.63, 3.8) is 0 Å². The average Bonchev–Trinajstić information content (AvgIpc) is 3.08. The number of hydrogen-bond donors (Lipinski definition) is 1. The van der Waals surface area contributed by atoms with E-state index in [1.807, 2.05) is 0 Å². The minimum atomic E-state index is -3.77. The Hall–Kier alpha value is -2.26. The summed E-state index contributed by atoms with van der Waals surface area (Å²) in [6, 6.07) is 2.97. The second-order valence-corrected chi connectivity index (χ2v) is 7.80. The van der Waals surface area contributed by atoms with E-state index in [0.717, 1.165) is 12.1 Å². The second kappa shape index (κ2) is 8.41. The third-order valence-electron chi connectivity index (χ3n) is 3.95. The first kappa shape index (κ1) is 20.1. The molecular formula is C17H23FN4O3S. The lowest BCUT2D eigenvalue weighted by Gasteiger charge is -2.19. The van der Waals surface area contributed by atoms with Crippen molar-refractivity contribution in [2.45, 2.75) is 38.3 Å². The molecule has 9 heteroatoms. The number of nitrogens with one attached hydrogen (secondary N) is 1. The van der Waals surface area contributed by atoms with E-state index in [-0.39, 0.29) is 16.5 Å². The van der Waals surface area contributed by atoms with Crippen LogP contribution in [0, 0.1) is 5.82 Å². The minimum Gasteiger partial charge on any atom is -0.348 e. The highest BCUT2D eigenvalue weighted by Gasteiger charge is 2.24. The maximum absolute atomic E-state index is 14.1. The van der Waals surface area contributed by atoms with E-state index < -0.39 is 21.7 Å². The quantitative estimate of drug-likeness (QED) is 0.755. The molecule has 0 spiro atoms. The number of halogens is 1. The van der Waals surface area contributed by atoms with Gasteiger partial charge < -0.3 is 9.88 Å². The number of nitrogens with zero attached hydrogens (tertiary/aromatic N) is 3. The van der Waals surface area contributed by atoms with Crippen LogP contribution in [-0.4, -0.2) is 47.3 Å². The van der Waals surface area contributed by atoms with Gasteiger partial charge in [0.05, 0.1) is 16.8 Å². The summed E-state index contributed by atoms with van der Waals surface area (Å²) in [5, 5.41) is 2.68. The summed E-state index contributed by atoms with van der Waals surface area (Å²) in [7, 11) is -3.77. The largest absolute Gasteiger partial charge is 0.348 e. The Bertz CT molecular complexity index is 849. The topological polar surface area (TPSA) is 84.3 Å². The summed E-state index contributed by atoms with van der Waals surface area (Å²) in [6.07, 6.45) is 4.98. The number of hydrogen-bond acceptors (Lipinski definition) is 4. The fraction of sp³-hybridized carbons (Fsp3) is 0.412. The van der Waals surface area contributed by atoms with Crippen molar-refractivity contribution < 1.29 is 17.6 Å². The summed E-state index contributed by atoms with van der Waals surface area (Å²) in [5.41, 5.74) is -0.296. The molecular weight excluding hydrogens is 359 g/mol. The van der Waals surface area contributed by atoms with E-state index in [2.05, 4.69) is 10.3 Å². The van der Waals surface area contributed by atoms with Crippen LogP contribution in [0.4, 0.5) is 4.39 Å². The lowest BCUT2D eigenvalue weighted by Crippen LogP contribution is -2.36. The lowest BCUT2D eigenvalue weighted by atomic mass is 10.2. The Morgan fingerprint density at radius 3 is 2.62 bits per heavy atom. The van der Waals surface area contributed by atoms with Crippen molar-refractivity contribution in [3.8, 4) is 0 Å². The molecule has 2 aromatic rings. The van der Waals surface area contributed by atoms with Crippen LogP contribution in [-0.2, 0) is 16.6 Å². The van der Waals surface area contributed by atoms with Crippen LogP contribution in [0.25, 0.3) is 0 Å². The molecule has 1 aromatic carbocycles. The Balaban J connectivity index is 2.22. The Kier molecular flexibility index (Phi) is 6.49. The molecule has 1 N–H and O–H groups in total. The first-order chi connectivity index (χ1) is 12.3. The molecule has 26 heavy (non-hydrogen) atoms. The van der Waals surface area contributed by atoms with Gasteiger partial charge in [0.15, 0.2) is 0 Å². The number of carbonyl (C=O) groups is 1. The van der Waals surface area contributed by atoms with Gasteiger partial charge in [-0.3, -0.25) is 4.79 Å². The van der Waals surface area contributed by atoms with Gasteiger partial charge in [-0.25, -0.2) is 17.8 Å². The van der Waals surface area contributed by atoms with Gasteiger partial charge in [0.25, 0.3) is 5.91 Å². The molecule has 0 bridgehead atoms. The van der Waals surface area contributed by atoms with Gasteiger partial charge in [-0.2, -0.15) is 4.31 Å². The highest BCUT2D eigenvalue weighted by atomic mass is 32.2. The Labute approximate surface area is 152 Å². The minimum absolute atomic E-state index is 0.102. The number of amides is 1. The van der Waals surface area contributed by atoms with E-state index in [9.17, 15) is 17.6 Å². The average molecular weight is 382 g/mol. The molecule has 0 fully saturated rings. The molecule has 142 valence electrons. The SMILES string of the molecule is CCN(CC)S(=O)(=O)c1ccc(F)c(C(=O)N[C@@H](C)Cn2ccnc2)c1. The number of carbonyl (C=O) groups excluding carboxylic acids is 1. The number of aromatic nitrogens is 2.